The van der Waals surface area contributed by atoms with Crippen molar-refractivity contribution in [3.8, 4) is 5.82 Å². The Morgan fingerprint density at radius 1 is 1.20 bits per heavy atom. The lowest BCUT2D eigenvalue weighted by atomic mass is 10.1. The van der Waals surface area contributed by atoms with E-state index in [1.807, 2.05) is 24.3 Å². The second kappa shape index (κ2) is 4.93. The third kappa shape index (κ3) is 1.92. The Morgan fingerprint density at radius 3 is 2.85 bits per heavy atom. The van der Waals surface area contributed by atoms with Crippen LogP contribution in [0.4, 0.5) is 0 Å². The smallest absolute Gasteiger partial charge is 0.206 e. The minimum absolute atomic E-state index is 0.0659. The van der Waals surface area contributed by atoms with Crippen LogP contribution in [0.15, 0.2) is 52.5 Å². The minimum atomic E-state index is -0.0659. The van der Waals surface area contributed by atoms with Gasteiger partial charge in [0.1, 0.15) is 5.82 Å². The summed E-state index contributed by atoms with van der Waals surface area (Å²) in [7, 11) is 0. The van der Waals surface area contributed by atoms with E-state index >= 15 is 0 Å². The van der Waals surface area contributed by atoms with Crippen molar-refractivity contribution in [3.05, 3.63) is 53.2 Å². The topological polar surface area (TPSA) is 89.3 Å². The molecule has 2 heterocycles. The summed E-state index contributed by atoms with van der Waals surface area (Å²) >= 11 is 3.51. The summed E-state index contributed by atoms with van der Waals surface area (Å²) in [5.74, 6) is 0.944. The van der Waals surface area contributed by atoms with Crippen molar-refractivity contribution >= 4 is 32.5 Å². The number of oxime groups is 1. The number of imidazole rings is 1. The largest absolute Gasteiger partial charge is 0.409 e. The molecule has 20 heavy (non-hydrogen) atoms. The normalized spacial score (nSPS) is 11.9. The number of hydrogen-bond donors (Lipinski definition) is 2. The molecule has 0 atom stereocenters. The summed E-state index contributed by atoms with van der Waals surface area (Å²) < 4.78 is 2.66. The average molecular weight is 332 g/mol. The fraction of sp³-hybridized carbons (Fsp3) is 0. The zero-order valence-corrected chi connectivity index (χ0v) is 11.8. The maximum Gasteiger partial charge on any atom is 0.206 e. The van der Waals surface area contributed by atoms with Crippen LogP contribution in [0.5, 0.6) is 0 Å². The van der Waals surface area contributed by atoms with E-state index in [1.165, 1.54) is 0 Å². The second-order valence-corrected chi connectivity index (χ2v) is 4.93. The molecule has 0 bridgehead atoms. The van der Waals surface area contributed by atoms with Crippen LogP contribution < -0.4 is 5.73 Å². The van der Waals surface area contributed by atoms with Gasteiger partial charge in [-0.2, -0.15) is 0 Å². The molecule has 0 spiro atoms. The van der Waals surface area contributed by atoms with Gasteiger partial charge in [-0.25, -0.2) is 9.97 Å². The first-order valence-corrected chi connectivity index (χ1v) is 6.56. The van der Waals surface area contributed by atoms with E-state index in [9.17, 15) is 0 Å². The molecule has 3 N–H and O–H groups in total. The number of rotatable bonds is 2. The van der Waals surface area contributed by atoms with E-state index < -0.39 is 0 Å². The zero-order chi connectivity index (χ0) is 14.1. The Labute approximate surface area is 122 Å². The third-order valence-electron chi connectivity index (χ3n) is 2.94. The molecule has 2 aromatic heterocycles. The van der Waals surface area contributed by atoms with Gasteiger partial charge in [0.25, 0.3) is 0 Å². The van der Waals surface area contributed by atoms with E-state index in [0.717, 1.165) is 15.2 Å². The first kappa shape index (κ1) is 12.6. The van der Waals surface area contributed by atoms with Gasteiger partial charge in [-0.1, -0.05) is 33.2 Å². The molecule has 0 fully saturated rings. The quantitative estimate of drug-likeness (QED) is 0.326. The standard InChI is InChI=1S/C13H10BrN5O/c14-10-3-1-2-9-8(10)4-5-16-12(9)19-7-6-17-13(19)11(15)18-20/h1-7,20H,(H2,15,18). The molecule has 6 nitrogen and oxygen atoms in total. The van der Waals surface area contributed by atoms with Crippen LogP contribution in [-0.2, 0) is 0 Å². The molecule has 0 unspecified atom stereocenters. The molecule has 7 heteroatoms. The SMILES string of the molecule is N/C(=N/O)c1nccn1-c1nccc2c(Br)cccc12. The van der Waals surface area contributed by atoms with Gasteiger partial charge in [0.2, 0.25) is 5.84 Å². The highest BCUT2D eigenvalue weighted by molar-refractivity contribution is 9.10. The number of nitrogens with zero attached hydrogens (tertiary/aromatic N) is 4. The van der Waals surface area contributed by atoms with Gasteiger partial charge < -0.3 is 10.9 Å². The van der Waals surface area contributed by atoms with Gasteiger partial charge in [-0.3, -0.25) is 4.57 Å². The van der Waals surface area contributed by atoms with Gasteiger partial charge in [0, 0.05) is 33.8 Å². The Bertz CT molecular complexity index is 811. The van der Waals surface area contributed by atoms with Crippen molar-refractivity contribution in [2.45, 2.75) is 0 Å². The Balaban J connectivity index is 2.31. The fourth-order valence-corrected chi connectivity index (χ4v) is 2.55. The van der Waals surface area contributed by atoms with Crippen molar-refractivity contribution in [2.75, 3.05) is 0 Å². The van der Waals surface area contributed by atoms with Gasteiger partial charge in [0.15, 0.2) is 5.82 Å². The molecule has 0 aliphatic carbocycles. The van der Waals surface area contributed by atoms with Crippen LogP contribution in [0.1, 0.15) is 5.82 Å². The lowest BCUT2D eigenvalue weighted by molar-refractivity contribution is 0.318. The highest BCUT2D eigenvalue weighted by Crippen LogP contribution is 2.27. The number of aromatic nitrogens is 3. The van der Waals surface area contributed by atoms with Crippen LogP contribution in [0.25, 0.3) is 16.6 Å². The first-order chi connectivity index (χ1) is 9.72. The summed E-state index contributed by atoms with van der Waals surface area (Å²) in [5.41, 5.74) is 5.63. The number of benzene rings is 1. The number of fused-ring (bicyclic) bond motifs is 1. The van der Waals surface area contributed by atoms with E-state index in [-0.39, 0.29) is 5.84 Å². The number of hydrogen-bond acceptors (Lipinski definition) is 4. The maximum absolute atomic E-state index is 8.82. The molecule has 3 aromatic rings. The van der Waals surface area contributed by atoms with E-state index in [1.54, 1.807) is 23.2 Å². The lowest BCUT2D eigenvalue weighted by Gasteiger charge is -2.09. The summed E-state index contributed by atoms with van der Waals surface area (Å²) in [6.07, 6.45) is 5.00. The van der Waals surface area contributed by atoms with Crippen molar-refractivity contribution in [1.82, 2.24) is 14.5 Å². The Morgan fingerprint density at radius 2 is 2.05 bits per heavy atom. The number of pyridine rings is 1. The average Bonchev–Trinajstić information content (AvgIpc) is 2.95. The van der Waals surface area contributed by atoms with Gasteiger partial charge in [-0.15, -0.1) is 0 Å². The highest BCUT2D eigenvalue weighted by atomic mass is 79.9. The molecule has 100 valence electrons. The van der Waals surface area contributed by atoms with E-state index in [2.05, 4.69) is 31.1 Å². The minimum Gasteiger partial charge on any atom is -0.409 e. The van der Waals surface area contributed by atoms with Crippen molar-refractivity contribution < 1.29 is 5.21 Å². The molecular formula is C13H10BrN5O. The molecule has 1 aromatic carbocycles. The van der Waals surface area contributed by atoms with Crippen LogP contribution in [0.3, 0.4) is 0 Å². The summed E-state index contributed by atoms with van der Waals surface area (Å²) in [6.45, 7) is 0. The number of nitrogens with two attached hydrogens (primary N) is 1. The van der Waals surface area contributed by atoms with Gasteiger partial charge in [0.05, 0.1) is 0 Å². The highest BCUT2D eigenvalue weighted by Gasteiger charge is 2.13. The maximum atomic E-state index is 8.82. The van der Waals surface area contributed by atoms with E-state index in [0.29, 0.717) is 11.6 Å². The fourth-order valence-electron chi connectivity index (χ4n) is 2.05. The second-order valence-electron chi connectivity index (χ2n) is 4.08. The molecular weight excluding hydrogens is 322 g/mol. The monoisotopic (exact) mass is 331 g/mol. The van der Waals surface area contributed by atoms with Crippen LogP contribution in [-0.4, -0.2) is 25.6 Å². The Hall–Kier alpha value is -2.41. The van der Waals surface area contributed by atoms with Crippen molar-refractivity contribution in [2.24, 2.45) is 10.9 Å². The van der Waals surface area contributed by atoms with Crippen molar-refractivity contribution in [3.63, 3.8) is 0 Å². The molecule has 0 aliphatic rings. The number of amidine groups is 1. The first-order valence-electron chi connectivity index (χ1n) is 5.77. The molecule has 0 radical (unpaired) electrons. The number of halogens is 1. The van der Waals surface area contributed by atoms with Crippen LogP contribution in [0.2, 0.25) is 0 Å². The van der Waals surface area contributed by atoms with Crippen molar-refractivity contribution in [1.29, 1.82) is 0 Å². The predicted molar refractivity (Wildman–Crippen MR) is 79.1 cm³/mol. The summed E-state index contributed by atoms with van der Waals surface area (Å²) in [6, 6.07) is 7.77. The Kier molecular flexibility index (Phi) is 3.11. The van der Waals surface area contributed by atoms with Gasteiger partial charge >= 0.3 is 0 Å². The molecule has 0 saturated heterocycles. The molecule has 3 rings (SSSR count). The summed E-state index contributed by atoms with van der Waals surface area (Å²) in [5, 5.41) is 13.8. The van der Waals surface area contributed by atoms with E-state index in [4.69, 9.17) is 10.9 Å². The van der Waals surface area contributed by atoms with Crippen LogP contribution in [0, 0.1) is 0 Å². The molecule has 0 amide bonds. The molecule has 0 aliphatic heterocycles. The predicted octanol–water partition coefficient (Wildman–Crippen LogP) is 2.28. The third-order valence-corrected chi connectivity index (χ3v) is 3.63. The van der Waals surface area contributed by atoms with Crippen LogP contribution >= 0.6 is 15.9 Å². The lowest BCUT2D eigenvalue weighted by Crippen LogP contribution is -2.19. The zero-order valence-electron chi connectivity index (χ0n) is 10.2. The summed E-state index contributed by atoms with van der Waals surface area (Å²) in [4.78, 5) is 8.47. The van der Waals surface area contributed by atoms with Gasteiger partial charge in [-0.05, 0) is 12.1 Å². The molecule has 0 saturated carbocycles.